The Balaban J connectivity index is 1.95. The standard InChI is InChI=1S/C15H16N2O3/c1-20-13-4-2-3-10(8-13)14-16-9-12-7-11(15(18)19)5-6-17(12)14/h2-4,8-9,11H,5-7H2,1H3,(H,18,19). The molecule has 0 bridgehead atoms. The number of hydrogen-bond donors (Lipinski definition) is 1. The molecule has 0 amide bonds. The van der Waals surface area contributed by atoms with Gasteiger partial charge in [-0.1, -0.05) is 12.1 Å². The van der Waals surface area contributed by atoms with Crippen molar-refractivity contribution in [1.82, 2.24) is 9.55 Å². The van der Waals surface area contributed by atoms with Crippen LogP contribution < -0.4 is 4.74 Å². The second kappa shape index (κ2) is 5.00. The Morgan fingerprint density at radius 3 is 3.10 bits per heavy atom. The number of carboxylic acid groups (broad SMARTS) is 1. The van der Waals surface area contributed by atoms with Gasteiger partial charge in [-0.15, -0.1) is 0 Å². The van der Waals surface area contributed by atoms with Gasteiger partial charge >= 0.3 is 5.97 Å². The number of ether oxygens (including phenoxy) is 1. The van der Waals surface area contributed by atoms with Crippen molar-refractivity contribution in [2.24, 2.45) is 5.92 Å². The Labute approximate surface area is 116 Å². The van der Waals surface area contributed by atoms with E-state index in [0.717, 1.165) is 22.8 Å². The minimum atomic E-state index is -0.722. The molecule has 0 aliphatic carbocycles. The molecule has 20 heavy (non-hydrogen) atoms. The number of nitrogens with zero attached hydrogens (tertiary/aromatic N) is 2. The van der Waals surface area contributed by atoms with E-state index < -0.39 is 5.97 Å². The Bertz CT molecular complexity index is 648. The van der Waals surface area contributed by atoms with Crippen LogP contribution in [-0.4, -0.2) is 27.7 Å². The molecule has 3 rings (SSSR count). The fourth-order valence-corrected chi connectivity index (χ4v) is 2.67. The molecule has 5 heteroatoms. The lowest BCUT2D eigenvalue weighted by Crippen LogP contribution is -2.25. The molecule has 2 heterocycles. The summed E-state index contributed by atoms with van der Waals surface area (Å²) in [5.41, 5.74) is 1.98. The van der Waals surface area contributed by atoms with Crippen LogP contribution >= 0.6 is 0 Å². The van der Waals surface area contributed by atoms with Gasteiger partial charge in [0.2, 0.25) is 0 Å². The highest BCUT2D eigenvalue weighted by atomic mass is 16.5. The van der Waals surface area contributed by atoms with E-state index in [0.29, 0.717) is 19.4 Å². The largest absolute Gasteiger partial charge is 0.497 e. The van der Waals surface area contributed by atoms with Crippen LogP contribution in [0.4, 0.5) is 0 Å². The Morgan fingerprint density at radius 2 is 2.35 bits per heavy atom. The van der Waals surface area contributed by atoms with Gasteiger partial charge in [-0.3, -0.25) is 4.79 Å². The van der Waals surface area contributed by atoms with Crippen molar-refractivity contribution in [2.75, 3.05) is 7.11 Å². The highest BCUT2D eigenvalue weighted by Gasteiger charge is 2.26. The number of rotatable bonds is 3. The topological polar surface area (TPSA) is 64.4 Å². The molecule has 0 spiro atoms. The average Bonchev–Trinajstić information content (AvgIpc) is 2.90. The molecule has 0 saturated heterocycles. The highest BCUT2D eigenvalue weighted by Crippen LogP contribution is 2.28. The van der Waals surface area contributed by atoms with E-state index in [9.17, 15) is 4.79 Å². The van der Waals surface area contributed by atoms with E-state index in [-0.39, 0.29) is 5.92 Å². The molecule has 1 unspecified atom stereocenters. The second-order valence-electron chi connectivity index (χ2n) is 4.98. The molecule has 1 aliphatic rings. The van der Waals surface area contributed by atoms with Crippen molar-refractivity contribution in [2.45, 2.75) is 19.4 Å². The van der Waals surface area contributed by atoms with E-state index in [1.54, 1.807) is 13.3 Å². The molecule has 0 fully saturated rings. The molecule has 0 saturated carbocycles. The van der Waals surface area contributed by atoms with Gasteiger partial charge in [0.25, 0.3) is 0 Å². The summed E-state index contributed by atoms with van der Waals surface area (Å²) < 4.78 is 7.34. The van der Waals surface area contributed by atoms with Crippen molar-refractivity contribution in [1.29, 1.82) is 0 Å². The number of methoxy groups -OCH3 is 1. The van der Waals surface area contributed by atoms with E-state index in [2.05, 4.69) is 9.55 Å². The molecule has 104 valence electrons. The molecular formula is C15H16N2O3. The summed E-state index contributed by atoms with van der Waals surface area (Å²) in [5, 5.41) is 9.11. The van der Waals surface area contributed by atoms with E-state index >= 15 is 0 Å². The molecule has 1 aromatic carbocycles. The summed E-state index contributed by atoms with van der Waals surface area (Å²) in [5.74, 6) is 0.652. The smallest absolute Gasteiger partial charge is 0.306 e. The van der Waals surface area contributed by atoms with Crippen molar-refractivity contribution in [3.8, 4) is 17.1 Å². The van der Waals surface area contributed by atoms with Crippen LogP contribution in [0.15, 0.2) is 30.5 Å². The molecule has 0 radical (unpaired) electrons. The molecule has 1 N–H and O–H groups in total. The first kappa shape index (κ1) is 12.7. The minimum absolute atomic E-state index is 0.294. The van der Waals surface area contributed by atoms with Crippen LogP contribution in [0.2, 0.25) is 0 Å². The predicted molar refractivity (Wildman–Crippen MR) is 73.7 cm³/mol. The van der Waals surface area contributed by atoms with Crippen molar-refractivity contribution in [3.63, 3.8) is 0 Å². The number of benzene rings is 1. The Morgan fingerprint density at radius 1 is 1.50 bits per heavy atom. The summed E-state index contributed by atoms with van der Waals surface area (Å²) >= 11 is 0. The lowest BCUT2D eigenvalue weighted by molar-refractivity contribution is -0.142. The molecule has 1 aromatic heterocycles. The van der Waals surface area contributed by atoms with Crippen LogP contribution in [0.25, 0.3) is 11.4 Å². The van der Waals surface area contributed by atoms with Gasteiger partial charge < -0.3 is 14.4 Å². The third-order valence-corrected chi connectivity index (χ3v) is 3.77. The van der Waals surface area contributed by atoms with Gasteiger partial charge in [0.15, 0.2) is 0 Å². The van der Waals surface area contributed by atoms with Gasteiger partial charge in [-0.25, -0.2) is 4.98 Å². The van der Waals surface area contributed by atoms with E-state index in [1.165, 1.54) is 0 Å². The fraction of sp³-hybridized carbons (Fsp3) is 0.333. The summed E-state index contributed by atoms with van der Waals surface area (Å²) in [6.45, 7) is 0.693. The number of fused-ring (bicyclic) bond motifs is 1. The van der Waals surface area contributed by atoms with Gasteiger partial charge in [0, 0.05) is 30.4 Å². The summed E-state index contributed by atoms with van der Waals surface area (Å²) in [4.78, 5) is 15.5. The number of imidazole rings is 1. The quantitative estimate of drug-likeness (QED) is 0.930. The van der Waals surface area contributed by atoms with Crippen molar-refractivity contribution in [3.05, 3.63) is 36.2 Å². The second-order valence-corrected chi connectivity index (χ2v) is 4.98. The third-order valence-electron chi connectivity index (χ3n) is 3.77. The number of carbonyl (C=O) groups is 1. The fourth-order valence-electron chi connectivity index (χ4n) is 2.67. The van der Waals surface area contributed by atoms with Gasteiger partial charge in [-0.2, -0.15) is 0 Å². The van der Waals surface area contributed by atoms with Crippen LogP contribution in [-0.2, 0) is 17.8 Å². The van der Waals surface area contributed by atoms with Gasteiger partial charge in [0.1, 0.15) is 11.6 Å². The van der Waals surface area contributed by atoms with Crippen molar-refractivity contribution < 1.29 is 14.6 Å². The van der Waals surface area contributed by atoms with Crippen LogP contribution in [0, 0.1) is 5.92 Å². The maximum Gasteiger partial charge on any atom is 0.306 e. The zero-order valence-electron chi connectivity index (χ0n) is 11.2. The Kier molecular flexibility index (Phi) is 3.18. The zero-order valence-corrected chi connectivity index (χ0v) is 11.2. The molecule has 2 aromatic rings. The maximum atomic E-state index is 11.1. The minimum Gasteiger partial charge on any atom is -0.497 e. The summed E-state index contributed by atoms with van der Waals surface area (Å²) in [6.07, 6.45) is 2.98. The molecule has 1 aliphatic heterocycles. The van der Waals surface area contributed by atoms with Gasteiger partial charge in [0.05, 0.1) is 13.0 Å². The number of aromatic nitrogens is 2. The van der Waals surface area contributed by atoms with E-state index in [4.69, 9.17) is 9.84 Å². The monoisotopic (exact) mass is 272 g/mol. The summed E-state index contributed by atoms with van der Waals surface area (Å²) in [6, 6.07) is 7.75. The third kappa shape index (κ3) is 2.15. The number of hydrogen-bond acceptors (Lipinski definition) is 3. The normalized spacial score (nSPS) is 17.6. The average molecular weight is 272 g/mol. The van der Waals surface area contributed by atoms with E-state index in [1.807, 2.05) is 24.3 Å². The SMILES string of the molecule is COc1cccc(-c2ncc3n2CCC(C(=O)O)C3)c1. The first-order valence-corrected chi connectivity index (χ1v) is 6.60. The molecule has 1 atom stereocenters. The molecular weight excluding hydrogens is 256 g/mol. The predicted octanol–water partition coefficient (Wildman–Crippen LogP) is 2.21. The first-order valence-electron chi connectivity index (χ1n) is 6.60. The number of carboxylic acids is 1. The Hall–Kier alpha value is -2.30. The zero-order chi connectivity index (χ0) is 14.1. The summed E-state index contributed by atoms with van der Waals surface area (Å²) in [7, 11) is 1.64. The van der Waals surface area contributed by atoms with Crippen LogP contribution in [0.1, 0.15) is 12.1 Å². The number of aliphatic carboxylic acids is 1. The maximum absolute atomic E-state index is 11.1. The lowest BCUT2D eigenvalue weighted by Gasteiger charge is -2.22. The first-order chi connectivity index (χ1) is 9.69. The lowest BCUT2D eigenvalue weighted by atomic mass is 9.96. The van der Waals surface area contributed by atoms with Crippen molar-refractivity contribution >= 4 is 5.97 Å². The highest BCUT2D eigenvalue weighted by molar-refractivity contribution is 5.70. The van der Waals surface area contributed by atoms with Crippen LogP contribution in [0.5, 0.6) is 5.75 Å². The molecule has 5 nitrogen and oxygen atoms in total. The van der Waals surface area contributed by atoms with Gasteiger partial charge in [-0.05, 0) is 18.6 Å². The van der Waals surface area contributed by atoms with Crippen LogP contribution in [0.3, 0.4) is 0 Å².